The topological polar surface area (TPSA) is 88.9 Å². The molecule has 0 atom stereocenters. The number of carbonyl (C=O) groups is 2. The molecule has 1 fully saturated rings. The van der Waals surface area contributed by atoms with E-state index in [-0.39, 0.29) is 17.6 Å². The quantitative estimate of drug-likeness (QED) is 0.583. The van der Waals surface area contributed by atoms with E-state index in [1.165, 1.54) is 4.90 Å². The first kappa shape index (κ1) is 25.4. The molecule has 0 unspecified atom stereocenters. The van der Waals surface area contributed by atoms with Crippen LogP contribution in [0.5, 0.6) is 0 Å². The Morgan fingerprint density at radius 1 is 1.24 bits per heavy atom. The highest BCUT2D eigenvalue weighted by Gasteiger charge is 2.50. The van der Waals surface area contributed by atoms with Gasteiger partial charge in [-0.15, -0.1) is 0 Å². The average Bonchev–Trinajstić information content (AvgIpc) is 2.93. The molecule has 0 bridgehead atoms. The van der Waals surface area contributed by atoms with Gasteiger partial charge in [-0.2, -0.15) is 5.26 Å². The van der Waals surface area contributed by atoms with E-state index in [9.17, 15) is 14.9 Å². The second kappa shape index (κ2) is 9.97. The van der Waals surface area contributed by atoms with Gasteiger partial charge in [0.05, 0.1) is 28.0 Å². The third-order valence-corrected chi connectivity index (χ3v) is 6.17. The maximum Gasteiger partial charge on any atom is 0.411 e. The maximum absolute atomic E-state index is 13.4. The highest BCUT2D eigenvalue weighted by Crippen LogP contribution is 2.39. The second-order valence-electron chi connectivity index (χ2n) is 8.66. The van der Waals surface area contributed by atoms with Crippen LogP contribution in [0, 0.1) is 18.3 Å². The number of hydrogen-bond donors (Lipinski definition) is 1. The molecule has 3 rings (SSSR count). The minimum Gasteiger partial charge on any atom is -0.448 e. The van der Waals surface area contributed by atoms with Crippen LogP contribution >= 0.6 is 23.8 Å². The Hall–Kier alpha value is -3.19. The summed E-state index contributed by atoms with van der Waals surface area (Å²) in [5.41, 5.74) is 1.78. The number of likely N-dealkylation sites (N-methyl/N-ethyl adjacent to an activating group) is 1. The number of rotatable bonds is 6. The van der Waals surface area contributed by atoms with Crippen LogP contribution < -0.4 is 15.1 Å². The maximum atomic E-state index is 13.4. The standard InChI is InChI=1S/C24H26ClN5O3S/c1-15-12-17(7-6-16(15)14-26)29-21(31)24(2,3)30(23(29)34)18-8-9-19(25)20(13-18)27-22(32)33-11-10-28(4)5/h6-9,12-13H,10-11H2,1-5H3,(H,27,32). The Balaban J connectivity index is 1.90. The first-order chi connectivity index (χ1) is 16.0. The first-order valence-corrected chi connectivity index (χ1v) is 11.3. The van der Waals surface area contributed by atoms with Crippen LogP contribution in [0.15, 0.2) is 36.4 Å². The van der Waals surface area contributed by atoms with Gasteiger partial charge in [-0.05, 0) is 89.0 Å². The zero-order chi connectivity index (χ0) is 25.2. The number of hydrogen-bond acceptors (Lipinski definition) is 6. The molecule has 1 aliphatic rings. The summed E-state index contributed by atoms with van der Waals surface area (Å²) in [6, 6.07) is 12.3. The van der Waals surface area contributed by atoms with E-state index in [0.717, 1.165) is 5.56 Å². The van der Waals surface area contributed by atoms with Gasteiger partial charge >= 0.3 is 6.09 Å². The second-order valence-corrected chi connectivity index (χ2v) is 9.43. The van der Waals surface area contributed by atoms with Crippen LogP contribution in [0.1, 0.15) is 25.0 Å². The van der Waals surface area contributed by atoms with Gasteiger partial charge in [-0.3, -0.25) is 15.0 Å². The van der Waals surface area contributed by atoms with Crippen LogP contribution in [0.2, 0.25) is 5.02 Å². The number of amides is 2. The van der Waals surface area contributed by atoms with Crippen molar-refractivity contribution in [3.05, 3.63) is 52.5 Å². The normalized spacial score (nSPS) is 15.0. The first-order valence-electron chi connectivity index (χ1n) is 10.5. The van der Waals surface area contributed by atoms with E-state index < -0.39 is 11.6 Å². The Morgan fingerprint density at radius 2 is 1.91 bits per heavy atom. The van der Waals surface area contributed by atoms with Gasteiger partial charge in [0.2, 0.25) is 0 Å². The van der Waals surface area contributed by atoms with E-state index in [4.69, 9.17) is 28.6 Å². The number of nitrogens with zero attached hydrogens (tertiary/aromatic N) is 4. The van der Waals surface area contributed by atoms with Crippen LogP contribution in [-0.2, 0) is 9.53 Å². The molecule has 0 radical (unpaired) electrons. The molecule has 2 aromatic rings. The van der Waals surface area contributed by atoms with Crippen molar-refractivity contribution in [2.24, 2.45) is 0 Å². The van der Waals surface area contributed by atoms with Crippen LogP contribution in [0.25, 0.3) is 0 Å². The zero-order valence-corrected chi connectivity index (χ0v) is 21.3. The largest absolute Gasteiger partial charge is 0.448 e. The molecule has 1 aliphatic heterocycles. The SMILES string of the molecule is Cc1cc(N2C(=O)C(C)(C)N(c3ccc(Cl)c(NC(=O)OCCN(C)C)c3)C2=S)ccc1C#N. The summed E-state index contributed by atoms with van der Waals surface area (Å²) in [5, 5.41) is 12.5. The van der Waals surface area contributed by atoms with Crippen molar-refractivity contribution < 1.29 is 14.3 Å². The molecule has 1 heterocycles. The third kappa shape index (κ3) is 4.99. The summed E-state index contributed by atoms with van der Waals surface area (Å²) in [7, 11) is 3.76. The van der Waals surface area contributed by atoms with Gasteiger partial charge < -0.3 is 14.5 Å². The minimum absolute atomic E-state index is 0.214. The van der Waals surface area contributed by atoms with Gasteiger partial charge in [-0.25, -0.2) is 4.79 Å². The fourth-order valence-corrected chi connectivity index (χ4v) is 4.27. The zero-order valence-electron chi connectivity index (χ0n) is 19.7. The van der Waals surface area contributed by atoms with Gasteiger partial charge in [0, 0.05) is 12.2 Å². The molecule has 0 aromatic heterocycles. The predicted molar refractivity (Wildman–Crippen MR) is 138 cm³/mol. The van der Waals surface area contributed by atoms with Gasteiger partial charge in [0.15, 0.2) is 5.11 Å². The lowest BCUT2D eigenvalue weighted by Gasteiger charge is -2.30. The number of halogens is 1. The van der Waals surface area contributed by atoms with Crippen molar-refractivity contribution in [1.29, 1.82) is 5.26 Å². The molecule has 34 heavy (non-hydrogen) atoms. The summed E-state index contributed by atoms with van der Waals surface area (Å²) in [4.78, 5) is 30.7. The van der Waals surface area contributed by atoms with E-state index in [1.54, 1.807) is 55.1 Å². The van der Waals surface area contributed by atoms with E-state index in [0.29, 0.717) is 34.2 Å². The Bertz CT molecular complexity index is 1190. The number of nitrogens with one attached hydrogen (secondary N) is 1. The third-order valence-electron chi connectivity index (χ3n) is 5.47. The van der Waals surface area contributed by atoms with Crippen LogP contribution in [-0.4, -0.2) is 54.8 Å². The lowest BCUT2D eigenvalue weighted by molar-refractivity contribution is -0.120. The monoisotopic (exact) mass is 499 g/mol. The van der Waals surface area contributed by atoms with Crippen molar-refractivity contribution in [3.8, 4) is 6.07 Å². The van der Waals surface area contributed by atoms with Crippen molar-refractivity contribution in [3.63, 3.8) is 0 Å². The number of ether oxygens (including phenoxy) is 1. The van der Waals surface area contributed by atoms with Gasteiger partial charge in [-0.1, -0.05) is 11.6 Å². The fraction of sp³-hybridized carbons (Fsp3) is 0.333. The van der Waals surface area contributed by atoms with Crippen molar-refractivity contribution in [2.75, 3.05) is 42.4 Å². The summed E-state index contributed by atoms with van der Waals surface area (Å²) < 4.78 is 5.19. The molecule has 10 heteroatoms. The summed E-state index contributed by atoms with van der Waals surface area (Å²) >= 11 is 12.0. The summed E-state index contributed by atoms with van der Waals surface area (Å²) in [6.07, 6.45) is -0.630. The molecule has 1 saturated heterocycles. The lowest BCUT2D eigenvalue weighted by Crippen LogP contribution is -2.44. The average molecular weight is 500 g/mol. The molecular weight excluding hydrogens is 474 g/mol. The molecule has 1 N–H and O–H groups in total. The van der Waals surface area contributed by atoms with E-state index in [2.05, 4.69) is 11.4 Å². The molecule has 178 valence electrons. The Labute approximate surface area is 209 Å². The Morgan fingerprint density at radius 3 is 2.53 bits per heavy atom. The van der Waals surface area contributed by atoms with Gasteiger partial charge in [0.1, 0.15) is 12.1 Å². The number of carbonyl (C=O) groups excluding carboxylic acids is 2. The molecular formula is C24H26ClN5O3S. The van der Waals surface area contributed by atoms with Crippen molar-refractivity contribution in [1.82, 2.24) is 4.90 Å². The van der Waals surface area contributed by atoms with Crippen molar-refractivity contribution >= 4 is 58.0 Å². The summed E-state index contributed by atoms with van der Waals surface area (Å²) in [6.45, 7) is 6.17. The molecule has 2 aromatic carbocycles. The number of nitriles is 1. The highest BCUT2D eigenvalue weighted by molar-refractivity contribution is 7.81. The molecule has 0 saturated carbocycles. The number of aryl methyl sites for hydroxylation is 1. The molecule has 8 nitrogen and oxygen atoms in total. The van der Waals surface area contributed by atoms with Crippen LogP contribution in [0.4, 0.5) is 21.9 Å². The molecule has 2 amide bonds. The number of anilines is 3. The predicted octanol–water partition coefficient (Wildman–Crippen LogP) is 4.55. The van der Waals surface area contributed by atoms with E-state index >= 15 is 0 Å². The van der Waals surface area contributed by atoms with E-state index in [1.807, 2.05) is 25.9 Å². The van der Waals surface area contributed by atoms with Crippen molar-refractivity contribution in [2.45, 2.75) is 26.3 Å². The molecule has 0 spiro atoms. The summed E-state index contributed by atoms with van der Waals surface area (Å²) in [5.74, 6) is -0.214. The van der Waals surface area contributed by atoms with Gasteiger partial charge in [0.25, 0.3) is 5.91 Å². The fourth-order valence-electron chi connectivity index (χ4n) is 3.58. The molecule has 0 aliphatic carbocycles. The Kier molecular flexibility index (Phi) is 7.46. The number of thiocarbonyl (C=S) groups is 1. The van der Waals surface area contributed by atoms with Crippen LogP contribution in [0.3, 0.4) is 0 Å². The smallest absolute Gasteiger partial charge is 0.411 e. The highest BCUT2D eigenvalue weighted by atomic mass is 35.5. The lowest BCUT2D eigenvalue weighted by atomic mass is 10.0. The number of benzene rings is 2. The minimum atomic E-state index is -1.00.